The maximum Gasteiger partial charge on any atom is 0.307 e. The van der Waals surface area contributed by atoms with E-state index in [0.717, 1.165) is 4.68 Å². The van der Waals surface area contributed by atoms with Crippen LogP contribution in [0, 0.1) is 5.92 Å². The molecule has 1 saturated heterocycles. The van der Waals surface area contributed by atoms with Gasteiger partial charge < -0.3 is 4.74 Å². The number of carbonyl (C=O) groups is 1. The quantitative estimate of drug-likeness (QED) is 0.729. The molecule has 8 nitrogen and oxygen atoms in total. The first-order chi connectivity index (χ1) is 10.9. The molecule has 0 bridgehead atoms. The highest BCUT2D eigenvalue weighted by Crippen LogP contribution is 2.21. The van der Waals surface area contributed by atoms with Gasteiger partial charge in [0.15, 0.2) is 16.6 Å². The molecule has 0 N–H and O–H groups in total. The molecule has 1 aliphatic rings. The molecule has 1 aromatic heterocycles. The highest BCUT2D eigenvalue weighted by molar-refractivity contribution is 7.91. The highest BCUT2D eigenvalue weighted by atomic mass is 32.2. The van der Waals surface area contributed by atoms with Crippen molar-refractivity contribution in [2.24, 2.45) is 5.92 Å². The maximum absolute atomic E-state index is 12.2. The molecule has 2 aromatic rings. The van der Waals surface area contributed by atoms with Crippen LogP contribution >= 0.6 is 0 Å². The van der Waals surface area contributed by atoms with Gasteiger partial charge in [-0.15, -0.1) is 5.10 Å². The van der Waals surface area contributed by atoms with Gasteiger partial charge in [0.2, 0.25) is 0 Å². The number of nitrogens with zero attached hydrogens (tertiary/aromatic N) is 3. The number of rotatable bonds is 4. The van der Waals surface area contributed by atoms with Crippen molar-refractivity contribution in [3.05, 3.63) is 34.6 Å². The number of ether oxygens (including phenoxy) is 1. The molecule has 3 rings (SSSR count). The largest absolute Gasteiger partial charge is 0.442 e. The van der Waals surface area contributed by atoms with Crippen molar-refractivity contribution < 1.29 is 17.9 Å². The van der Waals surface area contributed by atoms with E-state index in [1.807, 2.05) is 0 Å². The van der Waals surface area contributed by atoms with E-state index in [4.69, 9.17) is 4.74 Å². The maximum atomic E-state index is 12.2. The lowest BCUT2D eigenvalue weighted by molar-refractivity contribution is -0.149. The summed E-state index contributed by atoms with van der Waals surface area (Å²) in [7, 11) is -3.02. The smallest absolute Gasteiger partial charge is 0.307 e. The summed E-state index contributed by atoms with van der Waals surface area (Å²) in [5, 5.41) is 7.99. The summed E-state index contributed by atoms with van der Waals surface area (Å²) in [6.45, 7) is -0.338. The molecule has 1 atom stereocenters. The molecule has 9 heteroatoms. The van der Waals surface area contributed by atoms with Crippen LogP contribution in [0.5, 0.6) is 0 Å². The molecule has 1 aliphatic heterocycles. The number of benzene rings is 1. The van der Waals surface area contributed by atoms with Crippen LogP contribution in [0.1, 0.15) is 12.8 Å². The Balaban J connectivity index is 1.63. The molecule has 0 aliphatic carbocycles. The Hall–Kier alpha value is -2.29. The van der Waals surface area contributed by atoms with E-state index in [1.54, 1.807) is 24.3 Å². The molecule has 1 aromatic carbocycles. The Morgan fingerprint density at radius 2 is 2.13 bits per heavy atom. The van der Waals surface area contributed by atoms with E-state index >= 15 is 0 Å². The Morgan fingerprint density at radius 3 is 2.87 bits per heavy atom. The number of fused-ring (bicyclic) bond motifs is 1. The third kappa shape index (κ3) is 3.55. The molecule has 1 fully saturated rings. The first kappa shape index (κ1) is 15.6. The highest BCUT2D eigenvalue weighted by Gasteiger charge is 2.29. The summed E-state index contributed by atoms with van der Waals surface area (Å²) in [6.07, 6.45) is 0.488. The topological polar surface area (TPSA) is 108 Å². The molecule has 0 saturated carbocycles. The molecule has 23 heavy (non-hydrogen) atoms. The SMILES string of the molecule is O=C(C[C@@H]1CCS(=O)(=O)C1)OCn1nnc2ccccc2c1=O. The van der Waals surface area contributed by atoms with Gasteiger partial charge in [-0.25, -0.2) is 8.42 Å². The normalized spacial score (nSPS) is 19.7. The molecule has 0 unspecified atom stereocenters. The molecule has 122 valence electrons. The van der Waals surface area contributed by atoms with E-state index < -0.39 is 21.4 Å². The minimum Gasteiger partial charge on any atom is -0.442 e. The van der Waals surface area contributed by atoms with Crippen molar-refractivity contribution in [2.45, 2.75) is 19.6 Å². The predicted octanol–water partition coefficient (Wildman–Crippen LogP) is 0.117. The predicted molar refractivity (Wildman–Crippen MR) is 81.3 cm³/mol. The summed E-state index contributed by atoms with van der Waals surface area (Å²) in [4.78, 5) is 23.9. The standard InChI is InChI=1S/C14H15N3O5S/c18-13(7-10-5-6-23(20,21)8-10)22-9-17-14(19)11-3-1-2-4-12(11)15-16-17/h1-4,10H,5-9H2/t10-/m0/s1. The van der Waals surface area contributed by atoms with Crippen LogP contribution in [0.3, 0.4) is 0 Å². The zero-order chi connectivity index (χ0) is 16.4. The van der Waals surface area contributed by atoms with Gasteiger partial charge in [0.25, 0.3) is 5.56 Å². The monoisotopic (exact) mass is 337 g/mol. The molecule has 2 heterocycles. The minimum atomic E-state index is -3.02. The summed E-state index contributed by atoms with van der Waals surface area (Å²) in [5.74, 6) is -0.640. The Bertz CT molecular complexity index is 906. The molecular formula is C14H15N3O5S. The van der Waals surface area contributed by atoms with Crippen molar-refractivity contribution in [1.29, 1.82) is 0 Å². The van der Waals surface area contributed by atoms with E-state index in [-0.39, 0.29) is 30.6 Å². The Kier molecular flexibility index (Phi) is 4.12. The van der Waals surface area contributed by atoms with Crippen LogP contribution in [-0.2, 0) is 26.1 Å². The molecule has 0 radical (unpaired) electrons. The Labute approximate surface area is 132 Å². The fourth-order valence-corrected chi connectivity index (χ4v) is 4.43. The van der Waals surface area contributed by atoms with E-state index in [2.05, 4.69) is 10.3 Å². The van der Waals surface area contributed by atoms with E-state index in [1.165, 1.54) is 0 Å². The number of aromatic nitrogens is 3. The lowest BCUT2D eigenvalue weighted by Crippen LogP contribution is -2.27. The van der Waals surface area contributed by atoms with Gasteiger partial charge >= 0.3 is 5.97 Å². The van der Waals surface area contributed by atoms with Gasteiger partial charge in [0, 0.05) is 6.42 Å². The van der Waals surface area contributed by atoms with Crippen LogP contribution in [0.15, 0.2) is 29.1 Å². The van der Waals surface area contributed by atoms with Gasteiger partial charge in [-0.05, 0) is 24.5 Å². The summed E-state index contributed by atoms with van der Waals surface area (Å²) in [5.41, 5.74) is 0.0723. The van der Waals surface area contributed by atoms with Gasteiger partial charge in [-0.3, -0.25) is 9.59 Å². The number of esters is 1. The zero-order valence-electron chi connectivity index (χ0n) is 12.2. The summed E-state index contributed by atoms with van der Waals surface area (Å²) >= 11 is 0. The van der Waals surface area contributed by atoms with Crippen molar-refractivity contribution in [2.75, 3.05) is 11.5 Å². The fraction of sp³-hybridized carbons (Fsp3) is 0.429. The number of hydrogen-bond acceptors (Lipinski definition) is 7. The lowest BCUT2D eigenvalue weighted by atomic mass is 10.1. The average molecular weight is 337 g/mol. The second kappa shape index (κ2) is 6.07. The number of sulfone groups is 1. The molecular weight excluding hydrogens is 322 g/mol. The number of hydrogen-bond donors (Lipinski definition) is 0. The van der Waals surface area contributed by atoms with Crippen LogP contribution < -0.4 is 5.56 Å². The van der Waals surface area contributed by atoms with Gasteiger partial charge in [0.05, 0.1) is 16.9 Å². The minimum absolute atomic E-state index is 0.0117. The van der Waals surface area contributed by atoms with Gasteiger partial charge in [-0.2, -0.15) is 4.68 Å². The van der Waals surface area contributed by atoms with Crippen molar-refractivity contribution in [1.82, 2.24) is 15.0 Å². The first-order valence-corrected chi connectivity index (χ1v) is 8.95. The second-order valence-corrected chi connectivity index (χ2v) is 7.76. The Morgan fingerprint density at radius 1 is 1.35 bits per heavy atom. The third-order valence-corrected chi connectivity index (χ3v) is 5.60. The molecule has 0 spiro atoms. The van der Waals surface area contributed by atoms with Crippen molar-refractivity contribution in [3.8, 4) is 0 Å². The van der Waals surface area contributed by atoms with Crippen LogP contribution in [0.25, 0.3) is 10.9 Å². The van der Waals surface area contributed by atoms with Crippen molar-refractivity contribution in [3.63, 3.8) is 0 Å². The van der Waals surface area contributed by atoms with Gasteiger partial charge in [-0.1, -0.05) is 17.3 Å². The van der Waals surface area contributed by atoms with E-state index in [9.17, 15) is 18.0 Å². The van der Waals surface area contributed by atoms with Crippen LogP contribution in [0.2, 0.25) is 0 Å². The van der Waals surface area contributed by atoms with Crippen molar-refractivity contribution >= 4 is 26.7 Å². The van der Waals surface area contributed by atoms with E-state index in [0.29, 0.717) is 17.3 Å². The molecule has 0 amide bonds. The van der Waals surface area contributed by atoms with Crippen LogP contribution in [-0.4, -0.2) is 40.9 Å². The first-order valence-electron chi connectivity index (χ1n) is 7.13. The zero-order valence-corrected chi connectivity index (χ0v) is 13.0. The lowest BCUT2D eigenvalue weighted by Gasteiger charge is -2.09. The van der Waals surface area contributed by atoms with Crippen LogP contribution in [0.4, 0.5) is 0 Å². The second-order valence-electron chi connectivity index (χ2n) is 5.53. The summed E-state index contributed by atoms with van der Waals surface area (Å²) < 4.78 is 28.7. The third-order valence-electron chi connectivity index (χ3n) is 3.76. The summed E-state index contributed by atoms with van der Waals surface area (Å²) in [6, 6.07) is 6.74. The fourth-order valence-electron chi connectivity index (χ4n) is 2.57. The van der Waals surface area contributed by atoms with Gasteiger partial charge in [0.1, 0.15) is 5.52 Å². The number of carbonyl (C=O) groups excluding carboxylic acids is 1. The average Bonchev–Trinajstić information content (AvgIpc) is 2.85.